The number of aryl methyl sites for hydroxylation is 1. The van der Waals surface area contributed by atoms with E-state index < -0.39 is 34.4 Å². The Bertz CT molecular complexity index is 1420. The lowest BCUT2D eigenvalue weighted by Gasteiger charge is -2.35. The van der Waals surface area contributed by atoms with Crippen LogP contribution in [0.1, 0.15) is 63.8 Å². The van der Waals surface area contributed by atoms with Gasteiger partial charge in [-0.05, 0) is 95.3 Å². The summed E-state index contributed by atoms with van der Waals surface area (Å²) in [7, 11) is 1.40. The average Bonchev–Trinajstić information content (AvgIpc) is 3.18. The number of thiol groups is 1. The van der Waals surface area contributed by atoms with E-state index in [4.69, 9.17) is 14.7 Å². The smallest absolute Gasteiger partial charge is 0.419 e. The van der Waals surface area contributed by atoms with Gasteiger partial charge < -0.3 is 14.4 Å². The first-order valence-electron chi connectivity index (χ1n) is 14.6. The number of carbonyl (C=O) groups excluding carboxylic acids is 2. The molecule has 0 radical (unpaired) electrons. The number of anilines is 2. The third-order valence-electron chi connectivity index (χ3n) is 8.59. The van der Waals surface area contributed by atoms with Gasteiger partial charge in [-0.15, -0.1) is 12.6 Å². The number of hydrogen-bond acceptors (Lipinski definition) is 9. The number of pyridine rings is 1. The largest absolute Gasteiger partial charge is 0.493 e. The SMILES string of the molecule is CCc1cc(N2[C@@H](S)N(c3cnc(C#N)c(C(F)(F)F)c3)C(=O)C2(C)C)ccc1OCCC1CCN([C@H](C)C(=O)OC)CC1. The number of halogens is 3. The fourth-order valence-corrected chi connectivity index (χ4v) is 6.58. The van der Waals surface area contributed by atoms with Crippen LogP contribution in [0.4, 0.5) is 24.5 Å². The quantitative estimate of drug-likeness (QED) is 0.289. The monoisotopic (exact) mass is 633 g/mol. The molecule has 1 amide bonds. The lowest BCUT2D eigenvalue weighted by atomic mass is 9.93. The summed E-state index contributed by atoms with van der Waals surface area (Å²) in [6, 6.07) is 7.57. The van der Waals surface area contributed by atoms with Crippen LogP contribution >= 0.6 is 12.6 Å². The first-order chi connectivity index (χ1) is 20.7. The Morgan fingerprint density at radius 2 is 1.91 bits per heavy atom. The van der Waals surface area contributed by atoms with Crippen molar-refractivity contribution >= 4 is 35.9 Å². The number of nitriles is 1. The number of piperidine rings is 1. The summed E-state index contributed by atoms with van der Waals surface area (Å²) >= 11 is 4.67. The van der Waals surface area contributed by atoms with Gasteiger partial charge in [0.15, 0.2) is 11.2 Å². The predicted molar refractivity (Wildman–Crippen MR) is 162 cm³/mol. The van der Waals surface area contributed by atoms with Crippen LogP contribution in [0.5, 0.6) is 5.75 Å². The maximum absolute atomic E-state index is 13.6. The van der Waals surface area contributed by atoms with Crippen LogP contribution in [-0.2, 0) is 26.9 Å². The number of nitrogens with zero attached hydrogens (tertiary/aromatic N) is 5. The van der Waals surface area contributed by atoms with Gasteiger partial charge in [0.1, 0.15) is 23.4 Å². The van der Waals surface area contributed by atoms with Crippen molar-refractivity contribution in [2.24, 2.45) is 5.92 Å². The zero-order valence-electron chi connectivity index (χ0n) is 25.5. The molecule has 3 heterocycles. The van der Waals surface area contributed by atoms with E-state index in [1.807, 2.05) is 32.0 Å². The summed E-state index contributed by atoms with van der Waals surface area (Å²) < 4.78 is 52.0. The molecule has 2 fully saturated rings. The number of esters is 1. The van der Waals surface area contributed by atoms with E-state index in [1.54, 1.807) is 18.7 Å². The maximum atomic E-state index is 13.6. The summed E-state index contributed by atoms with van der Waals surface area (Å²) in [6.45, 7) is 9.44. The molecule has 4 rings (SSSR count). The number of aromatic nitrogens is 1. The van der Waals surface area contributed by atoms with Crippen molar-refractivity contribution in [3.8, 4) is 11.8 Å². The van der Waals surface area contributed by atoms with E-state index in [0.717, 1.165) is 55.9 Å². The minimum Gasteiger partial charge on any atom is -0.493 e. The third kappa shape index (κ3) is 6.61. The number of benzene rings is 1. The van der Waals surface area contributed by atoms with Crippen LogP contribution in [0.25, 0.3) is 0 Å². The molecule has 1 aromatic heterocycles. The van der Waals surface area contributed by atoms with E-state index in [2.05, 4.69) is 22.5 Å². The van der Waals surface area contributed by atoms with E-state index in [9.17, 15) is 22.8 Å². The van der Waals surface area contributed by atoms with Gasteiger partial charge in [-0.2, -0.15) is 18.4 Å². The van der Waals surface area contributed by atoms with Crippen LogP contribution in [0.2, 0.25) is 0 Å². The third-order valence-corrected chi connectivity index (χ3v) is 9.06. The molecule has 0 unspecified atom stereocenters. The first kappa shape index (κ1) is 33.4. The van der Waals surface area contributed by atoms with Gasteiger partial charge in [-0.3, -0.25) is 19.4 Å². The Kier molecular flexibility index (Phi) is 10.0. The molecule has 2 aromatic rings. The highest BCUT2D eigenvalue weighted by molar-refractivity contribution is 7.81. The molecule has 9 nitrogen and oxygen atoms in total. The second-order valence-corrected chi connectivity index (χ2v) is 12.1. The maximum Gasteiger partial charge on any atom is 0.419 e. The fourth-order valence-electron chi connectivity index (χ4n) is 5.92. The first-order valence-corrected chi connectivity index (χ1v) is 15.1. The second-order valence-electron chi connectivity index (χ2n) is 11.6. The zero-order valence-corrected chi connectivity index (χ0v) is 26.4. The molecule has 13 heteroatoms. The van der Waals surface area contributed by atoms with Crippen molar-refractivity contribution in [2.75, 3.05) is 36.6 Å². The Balaban J connectivity index is 1.46. The minimum atomic E-state index is -4.82. The molecule has 2 aliphatic rings. The summed E-state index contributed by atoms with van der Waals surface area (Å²) in [6.07, 6.45) is -0.241. The van der Waals surface area contributed by atoms with Crippen molar-refractivity contribution in [3.63, 3.8) is 0 Å². The number of alkyl halides is 3. The normalized spacial score (nSPS) is 20.0. The molecule has 44 heavy (non-hydrogen) atoms. The Morgan fingerprint density at radius 1 is 1.23 bits per heavy atom. The average molecular weight is 634 g/mol. The van der Waals surface area contributed by atoms with Gasteiger partial charge in [0.05, 0.1) is 31.2 Å². The predicted octanol–water partition coefficient (Wildman–Crippen LogP) is 5.42. The second kappa shape index (κ2) is 13.2. The Hall–Kier alpha value is -3.50. The summed E-state index contributed by atoms with van der Waals surface area (Å²) in [5, 5.41) is 9.12. The molecule has 0 aliphatic carbocycles. The lowest BCUT2D eigenvalue weighted by Crippen LogP contribution is -2.45. The topological polar surface area (TPSA) is 99.0 Å². The zero-order chi connectivity index (χ0) is 32.4. The molecular formula is C31H38F3N5O4S. The van der Waals surface area contributed by atoms with E-state index >= 15 is 0 Å². The molecule has 2 atom stereocenters. The van der Waals surface area contributed by atoms with Gasteiger partial charge in [0.25, 0.3) is 5.91 Å². The molecule has 0 saturated carbocycles. The number of rotatable bonds is 9. The molecule has 0 spiro atoms. The number of hydrogen-bond donors (Lipinski definition) is 1. The van der Waals surface area contributed by atoms with E-state index in [1.165, 1.54) is 18.1 Å². The van der Waals surface area contributed by atoms with Crippen LogP contribution < -0.4 is 14.5 Å². The van der Waals surface area contributed by atoms with Gasteiger partial charge in [-0.25, -0.2) is 4.98 Å². The van der Waals surface area contributed by atoms with Crippen LogP contribution in [0, 0.1) is 17.2 Å². The summed E-state index contributed by atoms with van der Waals surface area (Å²) in [4.78, 5) is 34.2. The van der Waals surface area contributed by atoms with Crippen molar-refractivity contribution in [1.29, 1.82) is 5.26 Å². The van der Waals surface area contributed by atoms with Gasteiger partial charge in [0.2, 0.25) is 0 Å². The molecule has 0 bridgehead atoms. The molecular weight excluding hydrogens is 595 g/mol. The molecule has 2 aliphatic heterocycles. The number of likely N-dealkylation sites (tertiary alicyclic amines) is 1. The Labute approximate surface area is 261 Å². The van der Waals surface area contributed by atoms with Crippen molar-refractivity contribution in [1.82, 2.24) is 9.88 Å². The van der Waals surface area contributed by atoms with Crippen LogP contribution in [0.15, 0.2) is 30.5 Å². The van der Waals surface area contributed by atoms with Gasteiger partial charge in [-0.1, -0.05) is 6.92 Å². The lowest BCUT2D eigenvalue weighted by molar-refractivity contribution is -0.147. The van der Waals surface area contributed by atoms with E-state index in [-0.39, 0.29) is 17.7 Å². The molecule has 0 N–H and O–H groups in total. The van der Waals surface area contributed by atoms with Gasteiger partial charge >= 0.3 is 12.1 Å². The highest BCUT2D eigenvalue weighted by atomic mass is 32.1. The van der Waals surface area contributed by atoms with Crippen LogP contribution in [0.3, 0.4) is 0 Å². The van der Waals surface area contributed by atoms with Gasteiger partial charge in [0, 0.05) is 5.69 Å². The standard InChI is InChI=1S/C31H38F3N5O4S/c1-6-21-15-22(7-8-26(21)43-14-11-20-9-12-37(13-10-20)19(2)27(40)42-5)39-29(44)38(28(41)30(39,3)4)23-16-24(31(32,33)34)25(17-35)36-18-23/h7-8,15-16,18-20,29,44H,6,9-14H2,1-5H3/t19-,29+/m1/s1. The number of ether oxygens (including phenoxy) is 2. The molecule has 1 aromatic carbocycles. The minimum absolute atomic E-state index is 0.0989. The Morgan fingerprint density at radius 3 is 2.50 bits per heavy atom. The van der Waals surface area contributed by atoms with Crippen molar-refractivity contribution < 1.29 is 32.2 Å². The van der Waals surface area contributed by atoms with Crippen molar-refractivity contribution in [3.05, 3.63) is 47.3 Å². The number of amides is 1. The number of carbonyl (C=O) groups is 2. The van der Waals surface area contributed by atoms with Crippen molar-refractivity contribution in [2.45, 2.75) is 76.6 Å². The number of methoxy groups -OCH3 is 1. The van der Waals surface area contributed by atoms with E-state index in [0.29, 0.717) is 24.6 Å². The fraction of sp³-hybridized carbons (Fsp3) is 0.548. The molecule has 238 valence electrons. The molecule has 2 saturated heterocycles. The highest BCUT2D eigenvalue weighted by Gasteiger charge is 2.52. The highest BCUT2D eigenvalue weighted by Crippen LogP contribution is 2.42. The summed E-state index contributed by atoms with van der Waals surface area (Å²) in [5.74, 6) is 0.544. The van der Waals surface area contributed by atoms with Crippen LogP contribution in [-0.4, -0.2) is 65.6 Å². The summed E-state index contributed by atoms with van der Waals surface area (Å²) in [5.41, 5.74) is -2.56.